The Balaban J connectivity index is 1.67. The summed E-state index contributed by atoms with van der Waals surface area (Å²) in [4.78, 5) is 2.47. The van der Waals surface area contributed by atoms with Gasteiger partial charge in [-0.3, -0.25) is 0 Å². The van der Waals surface area contributed by atoms with Gasteiger partial charge in [0, 0.05) is 12.1 Å². The van der Waals surface area contributed by atoms with E-state index in [9.17, 15) is 10.4 Å². The highest BCUT2D eigenvalue weighted by Crippen LogP contribution is 2.49. The van der Waals surface area contributed by atoms with Crippen molar-refractivity contribution < 1.29 is 5.11 Å². The lowest BCUT2D eigenvalue weighted by Gasteiger charge is -2.51. The van der Waals surface area contributed by atoms with Gasteiger partial charge in [-0.25, -0.2) is 0 Å². The van der Waals surface area contributed by atoms with Crippen LogP contribution in [0.4, 0.5) is 0 Å². The number of hydrogen-bond donors (Lipinski definition) is 1. The molecule has 0 spiro atoms. The normalized spacial score (nSPS) is 36.6. The highest BCUT2D eigenvalue weighted by Gasteiger charge is 2.47. The second-order valence-electron chi connectivity index (χ2n) is 7.62. The number of hydrogen-bond acceptors (Lipinski definition) is 3. The van der Waals surface area contributed by atoms with Crippen LogP contribution in [0.5, 0.6) is 0 Å². The molecule has 2 atom stereocenters. The van der Waals surface area contributed by atoms with Crippen LogP contribution in [-0.2, 0) is 11.0 Å². The van der Waals surface area contributed by atoms with E-state index in [0.717, 1.165) is 36.8 Å². The van der Waals surface area contributed by atoms with Crippen LogP contribution in [0.3, 0.4) is 0 Å². The van der Waals surface area contributed by atoms with Crippen molar-refractivity contribution in [2.75, 3.05) is 7.05 Å². The first kappa shape index (κ1) is 14.2. The molecule has 3 aliphatic rings. The van der Waals surface area contributed by atoms with E-state index >= 15 is 0 Å². The topological polar surface area (TPSA) is 47.3 Å². The molecule has 22 heavy (non-hydrogen) atoms. The third-order valence-electron chi connectivity index (χ3n) is 6.29. The van der Waals surface area contributed by atoms with Crippen LogP contribution >= 0.6 is 0 Å². The molecule has 3 fully saturated rings. The third-order valence-corrected chi connectivity index (χ3v) is 6.29. The average molecular weight is 296 g/mol. The van der Waals surface area contributed by atoms with E-state index in [0.29, 0.717) is 12.1 Å². The molecule has 4 rings (SSSR count). The van der Waals surface area contributed by atoms with Gasteiger partial charge in [0.2, 0.25) is 0 Å². The molecule has 0 radical (unpaired) electrons. The smallest absolute Gasteiger partial charge is 0.0926 e. The fraction of sp³-hybridized carbons (Fsp3) is 0.632. The van der Waals surface area contributed by atoms with Crippen LogP contribution in [0, 0.1) is 11.3 Å². The lowest BCUT2D eigenvalue weighted by Crippen LogP contribution is -2.55. The maximum atomic E-state index is 11.3. The van der Waals surface area contributed by atoms with Crippen molar-refractivity contribution in [1.29, 1.82) is 5.26 Å². The summed E-state index contributed by atoms with van der Waals surface area (Å²) in [5, 5.41) is 20.8. The summed E-state index contributed by atoms with van der Waals surface area (Å²) < 4.78 is 0. The summed E-state index contributed by atoms with van der Waals surface area (Å²) in [7, 11) is 2.21. The summed E-state index contributed by atoms with van der Waals surface area (Å²) in [5.41, 5.74) is 1.14. The Morgan fingerprint density at radius 3 is 2.41 bits per heavy atom. The molecule has 1 aromatic rings. The minimum Gasteiger partial charge on any atom is -0.385 e. The molecule has 0 amide bonds. The molecule has 2 aliphatic heterocycles. The van der Waals surface area contributed by atoms with E-state index in [1.54, 1.807) is 0 Å². The Labute approximate surface area is 132 Å². The summed E-state index contributed by atoms with van der Waals surface area (Å²) in [5.74, 6) is 0. The Kier molecular flexibility index (Phi) is 3.11. The number of piperidine rings is 2. The van der Waals surface area contributed by atoms with Gasteiger partial charge >= 0.3 is 0 Å². The first-order valence-corrected chi connectivity index (χ1v) is 8.53. The van der Waals surface area contributed by atoms with E-state index in [4.69, 9.17) is 0 Å². The zero-order valence-corrected chi connectivity index (χ0v) is 13.3. The Hall–Kier alpha value is -1.37. The highest BCUT2D eigenvalue weighted by atomic mass is 16.3. The quantitative estimate of drug-likeness (QED) is 0.912. The molecule has 2 unspecified atom stereocenters. The number of nitriles is 1. The van der Waals surface area contributed by atoms with Crippen molar-refractivity contribution >= 4 is 0 Å². The van der Waals surface area contributed by atoms with Crippen LogP contribution in [0.25, 0.3) is 0 Å². The Morgan fingerprint density at radius 2 is 1.82 bits per heavy atom. The number of rotatable bonds is 2. The van der Waals surface area contributed by atoms with E-state index in [1.807, 2.05) is 6.07 Å². The number of fused-ring (bicyclic) bond motifs is 2. The molecule has 1 saturated carbocycles. The Morgan fingerprint density at radius 1 is 1.18 bits per heavy atom. The molecular formula is C19H24N2O. The van der Waals surface area contributed by atoms with E-state index in [1.165, 1.54) is 19.3 Å². The summed E-state index contributed by atoms with van der Waals surface area (Å²) in [6.07, 6.45) is 7.23. The van der Waals surface area contributed by atoms with E-state index in [-0.39, 0.29) is 5.41 Å². The lowest BCUT2D eigenvalue weighted by atomic mass is 9.72. The first-order chi connectivity index (χ1) is 10.6. The van der Waals surface area contributed by atoms with E-state index < -0.39 is 5.60 Å². The lowest BCUT2D eigenvalue weighted by molar-refractivity contribution is -0.0875. The zero-order chi connectivity index (χ0) is 15.4. The molecule has 0 aromatic heterocycles. The van der Waals surface area contributed by atoms with Gasteiger partial charge in [-0.05, 0) is 56.7 Å². The molecule has 116 valence electrons. The van der Waals surface area contributed by atoms with Gasteiger partial charge < -0.3 is 10.0 Å². The van der Waals surface area contributed by atoms with Crippen molar-refractivity contribution in [3.8, 4) is 6.07 Å². The molecule has 1 aromatic carbocycles. The Bertz CT molecular complexity index is 615. The maximum Gasteiger partial charge on any atom is 0.0926 e. The van der Waals surface area contributed by atoms with Crippen LogP contribution in [0.1, 0.15) is 56.1 Å². The van der Waals surface area contributed by atoms with Crippen molar-refractivity contribution in [2.24, 2.45) is 0 Å². The molecule has 2 saturated heterocycles. The molecule has 1 aliphatic carbocycles. The predicted octanol–water partition coefficient (Wildman–Crippen LogP) is 3.08. The third kappa shape index (κ3) is 2.09. The van der Waals surface area contributed by atoms with Crippen molar-refractivity contribution in [3.05, 3.63) is 35.4 Å². The summed E-state index contributed by atoms with van der Waals surface area (Å²) in [6, 6.07) is 11.7. The van der Waals surface area contributed by atoms with Crippen LogP contribution in [-0.4, -0.2) is 29.1 Å². The molecule has 3 nitrogen and oxygen atoms in total. The van der Waals surface area contributed by atoms with Crippen molar-refractivity contribution in [2.45, 2.75) is 68.0 Å². The second-order valence-corrected chi connectivity index (χ2v) is 7.62. The summed E-state index contributed by atoms with van der Waals surface area (Å²) in [6.45, 7) is 0. The summed E-state index contributed by atoms with van der Waals surface area (Å²) >= 11 is 0. The van der Waals surface area contributed by atoms with Crippen molar-refractivity contribution in [3.63, 3.8) is 0 Å². The monoisotopic (exact) mass is 296 g/mol. The van der Waals surface area contributed by atoms with Gasteiger partial charge in [0.1, 0.15) is 0 Å². The molecular weight excluding hydrogens is 272 g/mol. The van der Waals surface area contributed by atoms with E-state index in [2.05, 4.69) is 36.2 Å². The fourth-order valence-corrected chi connectivity index (χ4v) is 4.58. The molecule has 2 heterocycles. The standard InChI is InChI=1S/C19H24N2O/c1-21-16-6-3-7-17(21)12-19(22,11-16)15-5-2-4-14(10-15)18(13-20)8-9-18/h2,4-5,10,16-17,22H,3,6-9,11-12H2,1H3. The SMILES string of the molecule is CN1C2CCCC1CC(O)(c1cccc(C3(C#N)CC3)c1)C2. The number of benzene rings is 1. The highest BCUT2D eigenvalue weighted by molar-refractivity contribution is 5.42. The predicted molar refractivity (Wildman–Crippen MR) is 85.3 cm³/mol. The molecule has 1 N–H and O–H groups in total. The maximum absolute atomic E-state index is 11.3. The van der Waals surface area contributed by atoms with Crippen LogP contribution < -0.4 is 0 Å². The number of nitrogens with zero attached hydrogens (tertiary/aromatic N) is 2. The van der Waals surface area contributed by atoms with Gasteiger partial charge in [0.25, 0.3) is 0 Å². The number of aliphatic hydroxyl groups is 1. The first-order valence-electron chi connectivity index (χ1n) is 8.53. The fourth-order valence-electron chi connectivity index (χ4n) is 4.58. The van der Waals surface area contributed by atoms with Gasteiger partial charge in [-0.2, -0.15) is 5.26 Å². The van der Waals surface area contributed by atoms with Gasteiger partial charge in [-0.1, -0.05) is 30.7 Å². The minimum atomic E-state index is -0.718. The van der Waals surface area contributed by atoms with Crippen LogP contribution in [0.2, 0.25) is 0 Å². The zero-order valence-electron chi connectivity index (χ0n) is 13.3. The minimum absolute atomic E-state index is 0.270. The average Bonchev–Trinajstić information content (AvgIpc) is 3.31. The molecule has 3 heteroatoms. The van der Waals surface area contributed by atoms with Crippen molar-refractivity contribution in [1.82, 2.24) is 4.90 Å². The molecule has 2 bridgehead atoms. The largest absolute Gasteiger partial charge is 0.385 e. The van der Waals surface area contributed by atoms with Gasteiger partial charge in [-0.15, -0.1) is 0 Å². The van der Waals surface area contributed by atoms with Gasteiger partial charge in [0.05, 0.1) is 17.1 Å². The van der Waals surface area contributed by atoms with Gasteiger partial charge in [0.15, 0.2) is 0 Å². The van der Waals surface area contributed by atoms with Crippen LogP contribution in [0.15, 0.2) is 24.3 Å². The second kappa shape index (κ2) is 4.81.